The van der Waals surface area contributed by atoms with E-state index in [2.05, 4.69) is 33.5 Å². The highest BCUT2D eigenvalue weighted by molar-refractivity contribution is 5.54. The van der Waals surface area contributed by atoms with Gasteiger partial charge in [0.2, 0.25) is 0 Å². The lowest BCUT2D eigenvalue weighted by molar-refractivity contribution is 0.318. The van der Waals surface area contributed by atoms with Crippen molar-refractivity contribution in [3.8, 4) is 0 Å². The van der Waals surface area contributed by atoms with E-state index in [0.29, 0.717) is 6.04 Å². The van der Waals surface area contributed by atoms with Crippen LogP contribution in [0.25, 0.3) is 0 Å². The molecule has 1 aromatic rings. The second-order valence-electron chi connectivity index (χ2n) is 5.67. The highest BCUT2D eigenvalue weighted by atomic mass is 15.2. The summed E-state index contributed by atoms with van der Waals surface area (Å²) >= 11 is 0. The molecule has 0 amide bonds. The lowest BCUT2D eigenvalue weighted by Gasteiger charge is -2.22. The van der Waals surface area contributed by atoms with E-state index in [1.807, 2.05) is 12.4 Å². The van der Waals surface area contributed by atoms with Gasteiger partial charge in [0.05, 0.1) is 23.8 Å². The van der Waals surface area contributed by atoms with Crippen LogP contribution >= 0.6 is 0 Å². The molecule has 0 spiro atoms. The molecule has 2 aliphatic heterocycles. The molecule has 2 N–H and O–H groups in total. The maximum absolute atomic E-state index is 4.33. The molecule has 2 fully saturated rings. The molecule has 0 radical (unpaired) electrons. The summed E-state index contributed by atoms with van der Waals surface area (Å²) in [4.78, 5) is 6.96. The zero-order valence-electron chi connectivity index (χ0n) is 11.7. The Hall–Kier alpha value is -1.29. The third-order valence-corrected chi connectivity index (χ3v) is 4.28. The van der Waals surface area contributed by atoms with Gasteiger partial charge in [-0.3, -0.25) is 9.88 Å². The summed E-state index contributed by atoms with van der Waals surface area (Å²) < 4.78 is 0. The van der Waals surface area contributed by atoms with Crippen LogP contribution in [0.1, 0.15) is 32.6 Å². The van der Waals surface area contributed by atoms with Crippen molar-refractivity contribution >= 4 is 11.4 Å². The molecule has 104 valence electrons. The van der Waals surface area contributed by atoms with Crippen LogP contribution in [0.3, 0.4) is 0 Å². The van der Waals surface area contributed by atoms with E-state index < -0.39 is 0 Å². The maximum atomic E-state index is 4.33. The lowest BCUT2D eigenvalue weighted by atomic mass is 10.1. The van der Waals surface area contributed by atoms with Crippen molar-refractivity contribution in [2.24, 2.45) is 0 Å². The summed E-state index contributed by atoms with van der Waals surface area (Å²) in [5.41, 5.74) is 2.27. The number of aromatic nitrogens is 1. The van der Waals surface area contributed by atoms with Gasteiger partial charge in [0, 0.05) is 25.2 Å². The second kappa shape index (κ2) is 5.78. The molecule has 4 nitrogen and oxygen atoms in total. The summed E-state index contributed by atoms with van der Waals surface area (Å²) in [5, 5.41) is 7.08. The first kappa shape index (κ1) is 12.7. The average molecular weight is 260 g/mol. The standard InChI is InChI=1S/C15H24N4/c1-2-6-17-12-9-13(11-16-10-12)18-14-5-8-19-7-3-4-15(14)19/h9-11,14-15,17-18H,2-8H2,1H3. The molecule has 1 aromatic heterocycles. The molecular formula is C15H24N4. The Bertz CT molecular complexity index is 420. The summed E-state index contributed by atoms with van der Waals surface area (Å²) in [5.74, 6) is 0. The fourth-order valence-corrected chi connectivity index (χ4v) is 3.35. The Morgan fingerprint density at radius 3 is 3.05 bits per heavy atom. The van der Waals surface area contributed by atoms with E-state index in [9.17, 15) is 0 Å². The molecule has 3 heterocycles. The van der Waals surface area contributed by atoms with Crippen LogP contribution in [0.5, 0.6) is 0 Å². The number of anilines is 2. The Kier molecular flexibility index (Phi) is 3.87. The Morgan fingerprint density at radius 1 is 1.26 bits per heavy atom. The number of hydrogen-bond acceptors (Lipinski definition) is 4. The van der Waals surface area contributed by atoms with Crippen molar-refractivity contribution in [2.45, 2.75) is 44.7 Å². The molecule has 4 heteroatoms. The maximum Gasteiger partial charge on any atom is 0.0550 e. The third-order valence-electron chi connectivity index (χ3n) is 4.28. The fourth-order valence-electron chi connectivity index (χ4n) is 3.35. The average Bonchev–Trinajstić information content (AvgIpc) is 3.02. The number of rotatable bonds is 5. The lowest BCUT2D eigenvalue weighted by Crippen LogP contribution is -2.33. The minimum atomic E-state index is 0.603. The number of fused-ring (bicyclic) bond motifs is 1. The third kappa shape index (κ3) is 2.84. The van der Waals surface area contributed by atoms with Crippen LogP contribution in [0.4, 0.5) is 11.4 Å². The molecule has 19 heavy (non-hydrogen) atoms. The SMILES string of the molecule is CCCNc1cncc(NC2CCN3CCCC23)c1. The normalized spacial score (nSPS) is 26.4. The number of hydrogen-bond donors (Lipinski definition) is 2. The van der Waals surface area contributed by atoms with Gasteiger partial charge in [-0.05, 0) is 38.3 Å². The van der Waals surface area contributed by atoms with Crippen molar-refractivity contribution in [3.05, 3.63) is 18.5 Å². The zero-order valence-corrected chi connectivity index (χ0v) is 11.7. The van der Waals surface area contributed by atoms with Gasteiger partial charge in [-0.25, -0.2) is 0 Å². The molecule has 0 bridgehead atoms. The van der Waals surface area contributed by atoms with Crippen LogP contribution in [0.15, 0.2) is 18.5 Å². The zero-order chi connectivity index (χ0) is 13.1. The van der Waals surface area contributed by atoms with E-state index in [1.54, 1.807) is 0 Å². The van der Waals surface area contributed by atoms with Gasteiger partial charge in [-0.15, -0.1) is 0 Å². The first-order valence-corrected chi connectivity index (χ1v) is 7.56. The summed E-state index contributed by atoms with van der Waals surface area (Å²) in [6.45, 7) is 5.73. The van der Waals surface area contributed by atoms with Crippen LogP contribution in [-0.4, -0.2) is 41.6 Å². The number of pyridine rings is 1. The molecule has 2 unspecified atom stereocenters. The largest absolute Gasteiger partial charge is 0.384 e. The Balaban J connectivity index is 1.63. The first-order chi connectivity index (χ1) is 9.36. The van der Waals surface area contributed by atoms with E-state index in [0.717, 1.165) is 30.4 Å². The van der Waals surface area contributed by atoms with E-state index in [-0.39, 0.29) is 0 Å². The highest BCUT2D eigenvalue weighted by Crippen LogP contribution is 2.30. The van der Waals surface area contributed by atoms with Gasteiger partial charge in [0.25, 0.3) is 0 Å². The molecule has 2 atom stereocenters. The molecule has 0 saturated carbocycles. The molecule has 2 aliphatic rings. The van der Waals surface area contributed by atoms with Gasteiger partial charge in [0.1, 0.15) is 0 Å². The molecule has 0 aromatic carbocycles. The minimum absolute atomic E-state index is 0.603. The fraction of sp³-hybridized carbons (Fsp3) is 0.667. The molecular weight excluding hydrogens is 236 g/mol. The van der Waals surface area contributed by atoms with Crippen LogP contribution < -0.4 is 10.6 Å². The molecule has 0 aliphatic carbocycles. The van der Waals surface area contributed by atoms with Gasteiger partial charge in [-0.2, -0.15) is 0 Å². The van der Waals surface area contributed by atoms with Crippen molar-refractivity contribution in [2.75, 3.05) is 30.3 Å². The van der Waals surface area contributed by atoms with Crippen LogP contribution in [0.2, 0.25) is 0 Å². The monoisotopic (exact) mass is 260 g/mol. The summed E-state index contributed by atoms with van der Waals surface area (Å²) in [7, 11) is 0. The van der Waals surface area contributed by atoms with Crippen molar-refractivity contribution in [1.29, 1.82) is 0 Å². The smallest absolute Gasteiger partial charge is 0.0550 e. The van der Waals surface area contributed by atoms with E-state index >= 15 is 0 Å². The predicted octanol–water partition coefficient (Wildman–Crippen LogP) is 2.55. The minimum Gasteiger partial charge on any atom is -0.384 e. The van der Waals surface area contributed by atoms with Crippen LogP contribution in [-0.2, 0) is 0 Å². The molecule has 2 saturated heterocycles. The summed E-state index contributed by atoms with van der Waals surface area (Å²) in [6, 6.07) is 3.53. The summed E-state index contributed by atoms with van der Waals surface area (Å²) in [6.07, 6.45) is 8.94. The topological polar surface area (TPSA) is 40.2 Å². The van der Waals surface area contributed by atoms with Gasteiger partial charge >= 0.3 is 0 Å². The second-order valence-corrected chi connectivity index (χ2v) is 5.67. The van der Waals surface area contributed by atoms with Gasteiger partial charge < -0.3 is 10.6 Å². The van der Waals surface area contributed by atoms with E-state index in [1.165, 1.54) is 32.4 Å². The quantitative estimate of drug-likeness (QED) is 0.853. The van der Waals surface area contributed by atoms with Crippen molar-refractivity contribution < 1.29 is 0 Å². The van der Waals surface area contributed by atoms with Crippen molar-refractivity contribution in [3.63, 3.8) is 0 Å². The molecule has 3 rings (SSSR count). The predicted molar refractivity (Wildman–Crippen MR) is 79.6 cm³/mol. The van der Waals surface area contributed by atoms with E-state index in [4.69, 9.17) is 0 Å². The Labute approximate surface area is 115 Å². The highest BCUT2D eigenvalue weighted by Gasteiger charge is 2.36. The van der Waals surface area contributed by atoms with Gasteiger partial charge in [-0.1, -0.05) is 6.92 Å². The van der Waals surface area contributed by atoms with Crippen LogP contribution in [0, 0.1) is 0 Å². The number of nitrogens with zero attached hydrogens (tertiary/aromatic N) is 2. The number of nitrogens with one attached hydrogen (secondary N) is 2. The van der Waals surface area contributed by atoms with Crippen molar-refractivity contribution in [1.82, 2.24) is 9.88 Å². The van der Waals surface area contributed by atoms with Gasteiger partial charge in [0.15, 0.2) is 0 Å². The first-order valence-electron chi connectivity index (χ1n) is 7.56. The Morgan fingerprint density at radius 2 is 2.16 bits per heavy atom.